The van der Waals surface area contributed by atoms with E-state index in [0.717, 1.165) is 24.8 Å². The van der Waals surface area contributed by atoms with E-state index >= 15 is 0 Å². The van der Waals surface area contributed by atoms with Gasteiger partial charge in [-0.3, -0.25) is 9.59 Å². The topological polar surface area (TPSA) is 178 Å². The summed E-state index contributed by atoms with van der Waals surface area (Å²) in [5.74, 6) is -1.55. The first-order chi connectivity index (χ1) is 24.4. The monoisotopic (exact) mass is 699 g/mol. The highest BCUT2D eigenvalue weighted by Crippen LogP contribution is 2.45. The molecule has 1 saturated heterocycles. The highest BCUT2D eigenvalue weighted by molar-refractivity contribution is 5.96. The molecule has 1 aromatic heterocycles. The largest absolute Gasteiger partial charge is 0.489 e. The Morgan fingerprint density at radius 3 is 2.65 bits per heavy atom. The van der Waals surface area contributed by atoms with Gasteiger partial charge in [-0.05, 0) is 69.4 Å². The third-order valence-corrected chi connectivity index (χ3v) is 9.42. The number of ether oxygens (including phenoxy) is 2. The summed E-state index contributed by atoms with van der Waals surface area (Å²) < 4.78 is 11.4. The van der Waals surface area contributed by atoms with E-state index in [1.54, 1.807) is 20.8 Å². The van der Waals surface area contributed by atoms with Crippen LogP contribution in [-0.2, 0) is 25.7 Å². The number of alkyl carbamates (subject to hydrolysis) is 1. The van der Waals surface area contributed by atoms with Gasteiger partial charge in [-0.15, -0.1) is 10.2 Å². The Bertz CT molecular complexity index is 1770. The van der Waals surface area contributed by atoms with E-state index < -0.39 is 53.1 Å². The maximum atomic E-state index is 14.3. The van der Waals surface area contributed by atoms with Crippen molar-refractivity contribution in [3.05, 3.63) is 72.3 Å². The number of carboxylic acid groups (broad SMARTS) is 1. The van der Waals surface area contributed by atoms with Crippen LogP contribution < -0.4 is 15.4 Å². The summed E-state index contributed by atoms with van der Waals surface area (Å²) in [4.78, 5) is 56.4. The number of carbonyl (C=O) groups excluding carboxylic acids is 3. The number of fused-ring (bicyclic) bond motifs is 2. The van der Waals surface area contributed by atoms with Gasteiger partial charge in [0.1, 0.15) is 35.6 Å². The van der Waals surface area contributed by atoms with Gasteiger partial charge in [0.2, 0.25) is 17.6 Å². The number of hydrogen-bond donors (Lipinski definition) is 3. The maximum Gasteiger partial charge on any atom is 0.408 e. The van der Waals surface area contributed by atoms with E-state index in [9.17, 15) is 24.3 Å². The average Bonchev–Trinajstić information content (AvgIpc) is 3.39. The normalized spacial score (nSPS) is 26.1. The Hall–Kier alpha value is -5.27. The second kappa shape index (κ2) is 14.9. The van der Waals surface area contributed by atoms with Crippen LogP contribution in [0.5, 0.6) is 5.75 Å². The third kappa shape index (κ3) is 8.55. The maximum absolute atomic E-state index is 14.3. The minimum atomic E-state index is -1.44. The highest BCUT2D eigenvalue weighted by Gasteiger charge is 2.61. The van der Waals surface area contributed by atoms with Gasteiger partial charge in [0.15, 0.2) is 0 Å². The Morgan fingerprint density at radius 1 is 1.08 bits per heavy atom. The van der Waals surface area contributed by atoms with Crippen LogP contribution in [0.3, 0.4) is 0 Å². The molecule has 4 unspecified atom stereocenters. The molecule has 3 aromatic rings. The number of amides is 3. The zero-order valence-corrected chi connectivity index (χ0v) is 29.2. The summed E-state index contributed by atoms with van der Waals surface area (Å²) in [5, 5.41) is 28.9. The lowest BCUT2D eigenvalue weighted by Gasteiger charge is -2.30. The van der Waals surface area contributed by atoms with Crippen LogP contribution in [0.25, 0.3) is 11.4 Å². The van der Waals surface area contributed by atoms with Gasteiger partial charge in [-0.2, -0.15) is 4.80 Å². The molecular formula is C37H45N7O7. The fourth-order valence-electron chi connectivity index (χ4n) is 6.66. The Kier molecular flexibility index (Phi) is 10.4. The molecule has 2 aliphatic heterocycles. The molecule has 6 rings (SSSR count). The van der Waals surface area contributed by atoms with Gasteiger partial charge in [0.25, 0.3) is 0 Å². The summed E-state index contributed by atoms with van der Waals surface area (Å²) in [7, 11) is 0. The van der Waals surface area contributed by atoms with Crippen LogP contribution in [-0.4, -0.2) is 83.9 Å². The van der Waals surface area contributed by atoms with Crippen LogP contribution >= 0.6 is 0 Å². The molecule has 3 heterocycles. The fraction of sp³-hybridized carbons (Fsp3) is 0.486. The average molecular weight is 700 g/mol. The van der Waals surface area contributed by atoms with E-state index in [4.69, 9.17) is 9.47 Å². The van der Waals surface area contributed by atoms with Gasteiger partial charge in [-0.1, -0.05) is 67.5 Å². The second-order valence-corrected chi connectivity index (χ2v) is 14.5. The van der Waals surface area contributed by atoms with Gasteiger partial charge in [-0.25, -0.2) is 9.59 Å². The lowest BCUT2D eigenvalue weighted by Crippen LogP contribution is -2.56. The molecule has 3 N–H and O–H groups in total. The smallest absolute Gasteiger partial charge is 0.408 e. The van der Waals surface area contributed by atoms with Crippen LogP contribution in [0.2, 0.25) is 0 Å². The van der Waals surface area contributed by atoms with Gasteiger partial charge in [0, 0.05) is 24.4 Å². The number of rotatable bonds is 7. The van der Waals surface area contributed by atoms with Crippen LogP contribution in [0.4, 0.5) is 4.79 Å². The molecule has 14 nitrogen and oxygen atoms in total. The first kappa shape index (κ1) is 35.6. The number of aromatic nitrogens is 4. The van der Waals surface area contributed by atoms with Gasteiger partial charge >= 0.3 is 12.1 Å². The molecule has 270 valence electrons. The van der Waals surface area contributed by atoms with Crippen molar-refractivity contribution in [3.63, 3.8) is 0 Å². The summed E-state index contributed by atoms with van der Waals surface area (Å²) in [6.07, 6.45) is 6.83. The van der Waals surface area contributed by atoms with Crippen molar-refractivity contribution < 1.29 is 33.8 Å². The van der Waals surface area contributed by atoms with E-state index in [-0.39, 0.29) is 25.3 Å². The van der Waals surface area contributed by atoms with Crippen molar-refractivity contribution in [1.82, 2.24) is 35.7 Å². The molecule has 14 heteroatoms. The van der Waals surface area contributed by atoms with E-state index in [1.165, 1.54) is 9.70 Å². The molecule has 2 fully saturated rings. The minimum absolute atomic E-state index is 0.0445. The lowest BCUT2D eigenvalue weighted by atomic mass is 10.0. The Morgan fingerprint density at radius 2 is 1.88 bits per heavy atom. The quantitative estimate of drug-likeness (QED) is 0.299. The van der Waals surface area contributed by atoms with Crippen molar-refractivity contribution in [2.75, 3.05) is 6.54 Å². The lowest BCUT2D eigenvalue weighted by molar-refractivity contribution is -0.145. The summed E-state index contributed by atoms with van der Waals surface area (Å²) in [5.41, 5.74) is -0.524. The van der Waals surface area contributed by atoms with Crippen LogP contribution in [0.15, 0.2) is 66.7 Å². The number of allylic oxidation sites excluding steroid dienone is 1. The second-order valence-electron chi connectivity index (χ2n) is 14.5. The molecule has 2 aromatic carbocycles. The molecule has 3 aliphatic rings. The molecule has 1 saturated carbocycles. The number of nitrogens with one attached hydrogen (secondary N) is 2. The van der Waals surface area contributed by atoms with E-state index in [0.29, 0.717) is 36.6 Å². The summed E-state index contributed by atoms with van der Waals surface area (Å²) in [6, 6.07) is 14.6. The van der Waals surface area contributed by atoms with E-state index in [1.807, 2.05) is 66.7 Å². The predicted octanol–water partition coefficient (Wildman–Crippen LogP) is 4.43. The molecule has 51 heavy (non-hydrogen) atoms. The van der Waals surface area contributed by atoms with Crippen molar-refractivity contribution in [3.8, 4) is 17.1 Å². The molecule has 0 spiro atoms. The molecule has 0 bridgehead atoms. The number of carboxylic acids is 1. The van der Waals surface area contributed by atoms with Crippen molar-refractivity contribution >= 4 is 23.9 Å². The number of aliphatic carboxylic acids is 1. The standard InChI is InChI=1S/C37H45N7O7/c1-36(2,3)51-35(49)38-29-18-11-6-4-5-10-16-26-21-37(26,34(47)48)39-32(45)30-20-27(22-43(30)33(29)46)44-41-31(40-42-44)25-15-12-17-28(19-25)50-23-24-13-8-7-9-14-24/h7-10,12-17,19,26-27,29-30H,4-6,11,18,20-23H2,1-3H3,(H,38,49)(H,39,45)(H,47,48)/b16-10-/t26?,27-,29?,30?,37?/m1/s1. The fourth-order valence-corrected chi connectivity index (χ4v) is 6.66. The predicted molar refractivity (Wildman–Crippen MR) is 185 cm³/mol. The minimum Gasteiger partial charge on any atom is -0.489 e. The van der Waals surface area contributed by atoms with Crippen molar-refractivity contribution in [1.29, 1.82) is 0 Å². The van der Waals surface area contributed by atoms with E-state index in [2.05, 4.69) is 26.0 Å². The SMILES string of the molecule is CC(C)(C)OC(=O)NC1CCCCC/C=C\C2CC2(C(=O)O)NC(=O)C2C[C@@H](n3nnc(-c4cccc(OCc5ccccc5)c4)n3)CN2C1=O. The highest BCUT2D eigenvalue weighted by atomic mass is 16.6. The number of carbonyl (C=O) groups is 4. The number of hydrogen-bond acceptors (Lipinski definition) is 9. The number of tetrazole rings is 1. The molecule has 5 atom stereocenters. The van der Waals surface area contributed by atoms with Gasteiger partial charge in [0.05, 0.1) is 6.04 Å². The molecular weight excluding hydrogens is 654 g/mol. The van der Waals surface area contributed by atoms with Crippen LogP contribution in [0, 0.1) is 5.92 Å². The first-order valence-corrected chi connectivity index (χ1v) is 17.5. The molecule has 3 amide bonds. The van der Waals surface area contributed by atoms with Gasteiger partial charge < -0.3 is 30.1 Å². The third-order valence-electron chi connectivity index (χ3n) is 9.42. The molecule has 0 radical (unpaired) electrons. The number of nitrogens with zero attached hydrogens (tertiary/aromatic N) is 5. The zero-order chi connectivity index (χ0) is 36.2. The summed E-state index contributed by atoms with van der Waals surface area (Å²) >= 11 is 0. The van der Waals surface area contributed by atoms with Crippen molar-refractivity contribution in [2.24, 2.45) is 5.92 Å². The van der Waals surface area contributed by atoms with Crippen molar-refractivity contribution in [2.45, 2.75) is 102 Å². The number of benzene rings is 2. The van der Waals surface area contributed by atoms with Crippen LogP contribution in [0.1, 0.15) is 77.3 Å². The summed E-state index contributed by atoms with van der Waals surface area (Å²) in [6.45, 7) is 5.65. The zero-order valence-electron chi connectivity index (χ0n) is 29.2. The Labute approximate surface area is 296 Å². The molecule has 1 aliphatic carbocycles. The first-order valence-electron chi connectivity index (χ1n) is 17.5. The Balaban J connectivity index is 1.24.